The molecule has 8 nitrogen and oxygen atoms in total. The summed E-state index contributed by atoms with van der Waals surface area (Å²) < 4.78 is 20.3. The zero-order valence-corrected chi connectivity index (χ0v) is 17.5. The van der Waals surface area contributed by atoms with Crippen molar-refractivity contribution in [2.75, 3.05) is 32.2 Å². The highest BCUT2D eigenvalue weighted by Gasteiger charge is 2.22. The van der Waals surface area contributed by atoms with Crippen LogP contribution in [0.5, 0.6) is 11.5 Å². The molecule has 0 bridgehead atoms. The summed E-state index contributed by atoms with van der Waals surface area (Å²) in [7, 11) is 1.27. The van der Waals surface area contributed by atoms with E-state index in [0.29, 0.717) is 28.7 Å². The van der Waals surface area contributed by atoms with E-state index in [1.807, 2.05) is 13.8 Å². The fourth-order valence-corrected chi connectivity index (χ4v) is 3.42. The molecule has 0 unspecified atom stereocenters. The maximum absolute atomic E-state index is 12.1. The molecule has 0 aliphatic carbocycles. The second kappa shape index (κ2) is 10.5. The zero-order valence-electron chi connectivity index (χ0n) is 16.7. The lowest BCUT2D eigenvalue weighted by molar-refractivity contribution is -0.149. The Kier molecular flexibility index (Phi) is 8.02. The number of benzene rings is 1. The topological polar surface area (TPSA) is 100 Å². The van der Waals surface area contributed by atoms with Crippen molar-refractivity contribution in [3.8, 4) is 11.5 Å². The van der Waals surface area contributed by atoms with Crippen LogP contribution in [0, 0.1) is 13.8 Å². The van der Waals surface area contributed by atoms with E-state index >= 15 is 0 Å². The first kappa shape index (κ1) is 22.2. The van der Waals surface area contributed by atoms with Gasteiger partial charge in [0, 0.05) is 4.88 Å². The maximum Gasteiger partial charge on any atom is 0.344 e. The van der Waals surface area contributed by atoms with Gasteiger partial charge in [0.05, 0.1) is 19.3 Å². The minimum absolute atomic E-state index is 0.300. The summed E-state index contributed by atoms with van der Waals surface area (Å²) in [6.45, 7) is 5.20. The molecule has 1 aromatic carbocycles. The fourth-order valence-electron chi connectivity index (χ4n) is 2.35. The molecule has 2 rings (SSSR count). The van der Waals surface area contributed by atoms with Gasteiger partial charge < -0.3 is 24.3 Å². The Morgan fingerprint density at radius 1 is 1.00 bits per heavy atom. The smallest absolute Gasteiger partial charge is 0.344 e. The van der Waals surface area contributed by atoms with Crippen molar-refractivity contribution in [1.29, 1.82) is 0 Å². The van der Waals surface area contributed by atoms with Crippen LogP contribution in [0.4, 0.5) is 5.00 Å². The normalized spacial score (nSPS) is 10.2. The van der Waals surface area contributed by atoms with Crippen LogP contribution in [0.25, 0.3) is 0 Å². The van der Waals surface area contributed by atoms with Gasteiger partial charge >= 0.3 is 11.9 Å². The van der Waals surface area contributed by atoms with Gasteiger partial charge in [-0.1, -0.05) is 0 Å². The maximum atomic E-state index is 12.1. The number of hydrogen-bond donors (Lipinski definition) is 1. The summed E-state index contributed by atoms with van der Waals surface area (Å²) in [6, 6.07) is 6.78. The Morgan fingerprint density at radius 3 is 2.21 bits per heavy atom. The molecular formula is C20H23NO7S. The molecule has 2 aromatic rings. The Morgan fingerprint density at radius 2 is 1.62 bits per heavy atom. The number of hydrogen-bond acceptors (Lipinski definition) is 8. The van der Waals surface area contributed by atoms with Crippen molar-refractivity contribution < 1.29 is 33.3 Å². The Labute approximate surface area is 172 Å². The predicted octanol–water partition coefficient (Wildman–Crippen LogP) is 3.11. The van der Waals surface area contributed by atoms with Crippen LogP contribution in [-0.2, 0) is 19.1 Å². The molecule has 29 heavy (non-hydrogen) atoms. The lowest BCUT2D eigenvalue weighted by Gasteiger charge is -2.09. The zero-order chi connectivity index (χ0) is 21.4. The Hall–Kier alpha value is -3.07. The molecule has 0 spiro atoms. The van der Waals surface area contributed by atoms with Gasteiger partial charge in [-0.25, -0.2) is 9.59 Å². The second-order valence-corrected chi connectivity index (χ2v) is 7.11. The minimum atomic E-state index is -0.694. The van der Waals surface area contributed by atoms with Gasteiger partial charge in [-0.05, 0) is 50.6 Å². The summed E-state index contributed by atoms with van der Waals surface area (Å²) in [6.07, 6.45) is 0. The summed E-state index contributed by atoms with van der Waals surface area (Å²) in [4.78, 5) is 36.7. The van der Waals surface area contributed by atoms with Gasteiger partial charge in [0.15, 0.2) is 13.2 Å². The second-order valence-electron chi connectivity index (χ2n) is 5.88. The largest absolute Gasteiger partial charge is 0.494 e. The van der Waals surface area contributed by atoms with Crippen LogP contribution in [-0.4, -0.2) is 44.8 Å². The van der Waals surface area contributed by atoms with Crippen molar-refractivity contribution >= 4 is 34.2 Å². The standard InChI is InChI=1S/C20H23NO7S/c1-5-26-14-6-8-15(9-7-14)27-11-17(23)28-10-16(22)21-19-18(20(24)25-4)12(2)13(3)29-19/h6-9H,5,10-11H2,1-4H3,(H,21,22). The van der Waals surface area contributed by atoms with E-state index in [0.717, 1.165) is 10.4 Å². The van der Waals surface area contributed by atoms with Crippen LogP contribution in [0.3, 0.4) is 0 Å². The third kappa shape index (κ3) is 6.21. The SMILES string of the molecule is CCOc1ccc(OCC(=O)OCC(=O)Nc2sc(C)c(C)c2C(=O)OC)cc1. The lowest BCUT2D eigenvalue weighted by Crippen LogP contribution is -2.24. The van der Waals surface area contributed by atoms with Gasteiger partial charge in [-0.15, -0.1) is 11.3 Å². The lowest BCUT2D eigenvalue weighted by atomic mass is 10.1. The molecule has 0 atom stereocenters. The molecule has 1 amide bonds. The number of carbonyl (C=O) groups excluding carboxylic acids is 3. The molecule has 1 aromatic heterocycles. The number of anilines is 1. The van der Waals surface area contributed by atoms with E-state index in [-0.39, 0.29) is 6.61 Å². The molecule has 1 N–H and O–H groups in total. The molecule has 9 heteroatoms. The van der Waals surface area contributed by atoms with Crippen molar-refractivity contribution in [3.63, 3.8) is 0 Å². The molecule has 0 aliphatic rings. The number of rotatable bonds is 9. The van der Waals surface area contributed by atoms with E-state index < -0.39 is 24.5 Å². The number of ether oxygens (including phenoxy) is 4. The minimum Gasteiger partial charge on any atom is -0.494 e. The van der Waals surface area contributed by atoms with Crippen molar-refractivity contribution in [2.24, 2.45) is 0 Å². The van der Waals surface area contributed by atoms with Crippen LogP contribution in [0.15, 0.2) is 24.3 Å². The molecule has 156 valence electrons. The molecule has 0 fully saturated rings. The number of esters is 2. The van der Waals surface area contributed by atoms with Crippen LogP contribution < -0.4 is 14.8 Å². The highest BCUT2D eigenvalue weighted by Crippen LogP contribution is 2.32. The van der Waals surface area contributed by atoms with Gasteiger partial charge in [0.2, 0.25) is 0 Å². The van der Waals surface area contributed by atoms with E-state index in [1.54, 1.807) is 31.2 Å². The summed E-state index contributed by atoms with van der Waals surface area (Å²) in [5.41, 5.74) is 1.03. The van der Waals surface area contributed by atoms with Crippen molar-refractivity contribution in [1.82, 2.24) is 0 Å². The molecular weight excluding hydrogens is 398 g/mol. The summed E-state index contributed by atoms with van der Waals surface area (Å²) >= 11 is 1.25. The average molecular weight is 421 g/mol. The molecule has 0 saturated carbocycles. The summed E-state index contributed by atoms with van der Waals surface area (Å²) in [5.74, 6) is -0.624. The summed E-state index contributed by atoms with van der Waals surface area (Å²) in [5, 5.41) is 2.94. The fraction of sp³-hybridized carbons (Fsp3) is 0.350. The number of thiophene rings is 1. The van der Waals surface area contributed by atoms with E-state index in [1.165, 1.54) is 18.4 Å². The van der Waals surface area contributed by atoms with Crippen molar-refractivity contribution in [3.05, 3.63) is 40.3 Å². The number of aryl methyl sites for hydroxylation is 1. The first-order valence-corrected chi connectivity index (χ1v) is 9.66. The van der Waals surface area contributed by atoms with Crippen molar-refractivity contribution in [2.45, 2.75) is 20.8 Å². The third-order valence-electron chi connectivity index (χ3n) is 3.88. The van der Waals surface area contributed by atoms with E-state index in [4.69, 9.17) is 18.9 Å². The number of nitrogens with one attached hydrogen (secondary N) is 1. The van der Waals surface area contributed by atoms with Gasteiger partial charge in [-0.2, -0.15) is 0 Å². The molecule has 0 saturated heterocycles. The van der Waals surface area contributed by atoms with E-state index in [9.17, 15) is 14.4 Å². The monoisotopic (exact) mass is 421 g/mol. The quantitative estimate of drug-likeness (QED) is 0.621. The van der Waals surface area contributed by atoms with Crippen LogP contribution in [0.2, 0.25) is 0 Å². The Bertz CT molecular complexity index is 874. The van der Waals surface area contributed by atoms with Gasteiger partial charge in [-0.3, -0.25) is 4.79 Å². The van der Waals surface area contributed by atoms with Crippen LogP contribution in [0.1, 0.15) is 27.7 Å². The van der Waals surface area contributed by atoms with Gasteiger partial charge in [0.25, 0.3) is 5.91 Å². The predicted molar refractivity (Wildman–Crippen MR) is 108 cm³/mol. The number of methoxy groups -OCH3 is 1. The highest BCUT2D eigenvalue weighted by atomic mass is 32.1. The molecule has 0 aliphatic heterocycles. The Balaban J connectivity index is 1.82. The average Bonchev–Trinajstić information content (AvgIpc) is 2.98. The molecule has 0 radical (unpaired) electrons. The first-order chi connectivity index (χ1) is 13.8. The van der Waals surface area contributed by atoms with Gasteiger partial charge in [0.1, 0.15) is 16.5 Å². The van der Waals surface area contributed by atoms with Crippen LogP contribution >= 0.6 is 11.3 Å². The number of carbonyl (C=O) groups is 3. The van der Waals surface area contributed by atoms with E-state index in [2.05, 4.69) is 5.32 Å². The molecule has 1 heterocycles. The third-order valence-corrected chi connectivity index (χ3v) is 5.01. The highest BCUT2D eigenvalue weighted by molar-refractivity contribution is 7.16. The first-order valence-electron chi connectivity index (χ1n) is 8.85. The number of amides is 1.